The number of aromatic nitrogens is 6. The first-order valence-corrected chi connectivity index (χ1v) is 17.0. The van der Waals surface area contributed by atoms with Crippen molar-refractivity contribution in [1.82, 2.24) is 28.9 Å². The predicted octanol–water partition coefficient (Wildman–Crippen LogP) is 2.66. The maximum atomic E-state index is 13.5. The average Bonchev–Trinajstić information content (AvgIpc) is 3.77. The normalized spacial score (nSPS) is 11.6. The summed E-state index contributed by atoms with van der Waals surface area (Å²) in [5.41, 5.74) is 14.6. The number of nitrogens with zero attached hydrogens (tertiary/aromatic N) is 6. The lowest BCUT2D eigenvalue weighted by Gasteiger charge is -2.13. The number of methoxy groups -OCH3 is 1. The van der Waals surface area contributed by atoms with Crippen molar-refractivity contribution in [2.75, 3.05) is 38.0 Å². The van der Waals surface area contributed by atoms with E-state index >= 15 is 0 Å². The lowest BCUT2D eigenvalue weighted by Crippen LogP contribution is -2.20. The van der Waals surface area contributed by atoms with Crippen LogP contribution in [-0.2, 0) is 24.2 Å². The van der Waals surface area contributed by atoms with E-state index in [4.69, 9.17) is 35.3 Å². The van der Waals surface area contributed by atoms with Gasteiger partial charge >= 0.3 is 8.60 Å². The number of rotatable bonds is 17. The van der Waals surface area contributed by atoms with Crippen LogP contribution in [0, 0.1) is 6.92 Å². The van der Waals surface area contributed by atoms with Gasteiger partial charge in [0.05, 0.1) is 37.1 Å². The van der Waals surface area contributed by atoms with Gasteiger partial charge in [-0.3, -0.25) is 24.4 Å². The topological polar surface area (TPSA) is 249 Å². The fourth-order valence-corrected chi connectivity index (χ4v) is 5.83. The molecule has 0 atom stereocenters. The van der Waals surface area contributed by atoms with Crippen LogP contribution in [-0.4, -0.2) is 83.8 Å². The molecule has 5 rings (SSSR count). The molecule has 8 N–H and O–H groups in total. The molecule has 270 valence electrons. The third-order valence-electron chi connectivity index (χ3n) is 7.78. The monoisotopic (exact) mass is 722 g/mol. The van der Waals surface area contributed by atoms with Crippen molar-refractivity contribution in [3.05, 3.63) is 65.0 Å². The maximum absolute atomic E-state index is 13.5. The number of primary amides is 2. The molecule has 3 amide bonds. The van der Waals surface area contributed by atoms with Crippen LogP contribution in [0.15, 0.2) is 42.5 Å². The molecule has 0 saturated carbocycles. The van der Waals surface area contributed by atoms with Crippen molar-refractivity contribution in [1.29, 1.82) is 0 Å². The van der Waals surface area contributed by atoms with Crippen LogP contribution in [0.2, 0.25) is 0 Å². The van der Waals surface area contributed by atoms with Gasteiger partial charge in [0.15, 0.2) is 0 Å². The van der Waals surface area contributed by atoms with Crippen LogP contribution >= 0.6 is 8.60 Å². The summed E-state index contributed by atoms with van der Waals surface area (Å²) in [7, 11) is 0.694. The van der Waals surface area contributed by atoms with E-state index in [1.165, 1.54) is 25.3 Å². The molecule has 51 heavy (non-hydrogen) atoms. The number of aryl methyl sites for hydroxylation is 2. The number of ether oxygens (including phenoxy) is 2. The second kappa shape index (κ2) is 16.0. The van der Waals surface area contributed by atoms with E-state index in [9.17, 15) is 14.4 Å². The Bertz CT molecular complexity index is 2120. The first-order valence-electron chi connectivity index (χ1n) is 15.8. The van der Waals surface area contributed by atoms with Crippen LogP contribution in [0.4, 0.5) is 11.9 Å². The Morgan fingerprint density at radius 2 is 1.49 bits per heavy atom. The molecular weight excluding hydrogens is 683 g/mol. The minimum absolute atomic E-state index is 0.0585. The highest BCUT2D eigenvalue weighted by Gasteiger charge is 2.22. The number of fused-ring (bicyclic) bond motifs is 2. The van der Waals surface area contributed by atoms with Gasteiger partial charge in [-0.15, -0.1) is 0 Å². The van der Waals surface area contributed by atoms with Gasteiger partial charge in [0.25, 0.3) is 5.91 Å². The van der Waals surface area contributed by atoms with Gasteiger partial charge in [-0.2, -0.15) is 5.10 Å². The molecule has 3 aromatic heterocycles. The predicted molar refractivity (Wildman–Crippen MR) is 190 cm³/mol. The Morgan fingerprint density at radius 3 is 2.06 bits per heavy atom. The number of carbonyl (C=O) groups is 3. The van der Waals surface area contributed by atoms with E-state index < -0.39 is 26.3 Å². The molecule has 0 saturated heterocycles. The van der Waals surface area contributed by atoms with Gasteiger partial charge in [-0.1, -0.05) is 12.2 Å². The molecule has 0 radical (unpaired) electrons. The van der Waals surface area contributed by atoms with Gasteiger partial charge < -0.3 is 49.7 Å². The number of anilines is 2. The van der Waals surface area contributed by atoms with Gasteiger partial charge in [0.2, 0.25) is 23.7 Å². The second-order valence-corrected chi connectivity index (χ2v) is 11.9. The third kappa shape index (κ3) is 8.10. The highest BCUT2D eigenvalue weighted by Crippen LogP contribution is 2.33. The number of hydrogen-bond donors (Lipinski definition) is 6. The third-order valence-corrected chi connectivity index (χ3v) is 8.19. The quantitative estimate of drug-likeness (QED) is 0.0461. The highest BCUT2D eigenvalue weighted by molar-refractivity contribution is 7.39. The fourth-order valence-electron chi connectivity index (χ4n) is 5.53. The molecule has 0 aliphatic rings. The fraction of sp³-hybridized carbons (Fsp3) is 0.312. The number of imidazole rings is 2. The van der Waals surface area contributed by atoms with Crippen molar-refractivity contribution in [3.8, 4) is 11.5 Å². The summed E-state index contributed by atoms with van der Waals surface area (Å²) in [6.07, 6.45) is 4.09. The summed E-state index contributed by atoms with van der Waals surface area (Å²) in [4.78, 5) is 64.9. The van der Waals surface area contributed by atoms with Crippen LogP contribution in [0.3, 0.4) is 0 Å². The van der Waals surface area contributed by atoms with Crippen molar-refractivity contribution >= 4 is 60.3 Å². The number of amides is 3. The molecule has 0 aliphatic carbocycles. The Balaban J connectivity index is 1.49. The van der Waals surface area contributed by atoms with E-state index in [2.05, 4.69) is 25.7 Å². The molecule has 2 aromatic carbocycles. The standard InChI is InChI=1S/C32H39N10O8P/c1-5-42-23(13-18(2)39-42)30(45)38-32-37-21-14-19(28(33)43)16-24(48-4)26(21)41(32)10-7-6-9-40-27-22(36-31(40)35-3)15-20(29(34)44)17-25(27)49-11-8-12-50-51(46)47/h6-7,13-17,46-47H,5,8-12H2,1-4H3,(H2,33,43)(H2,34,44)(H,35,36)(H,37,38,45)/b7-6+. The molecule has 0 fully saturated rings. The number of allylic oxidation sites excluding steroid dienone is 2. The van der Waals surface area contributed by atoms with Crippen LogP contribution < -0.4 is 31.6 Å². The van der Waals surface area contributed by atoms with E-state index in [0.29, 0.717) is 70.4 Å². The first-order chi connectivity index (χ1) is 24.4. The Hall–Kier alpha value is -5.55. The largest absolute Gasteiger partial charge is 0.494 e. The number of nitrogens with two attached hydrogens (primary N) is 2. The maximum Gasteiger partial charge on any atom is 0.327 e. The Labute approximate surface area is 293 Å². The van der Waals surface area contributed by atoms with Crippen LogP contribution in [0.1, 0.15) is 50.2 Å². The number of nitrogens with one attached hydrogen (secondary N) is 2. The SMILES string of the molecule is CCn1nc(C)cc1C(=O)Nc1nc2cc(C(N)=O)cc(OC)c2n1C/C=C/Cn1c(NC)nc2cc(C(N)=O)cc(OCCCOP(O)O)c21. The van der Waals surface area contributed by atoms with Gasteiger partial charge in [0, 0.05) is 44.2 Å². The minimum atomic E-state index is -2.48. The van der Waals surface area contributed by atoms with Crippen LogP contribution in [0.5, 0.6) is 11.5 Å². The summed E-state index contributed by atoms with van der Waals surface area (Å²) in [6.45, 7) is 4.90. The molecule has 0 unspecified atom stereocenters. The minimum Gasteiger partial charge on any atom is -0.494 e. The summed E-state index contributed by atoms with van der Waals surface area (Å²) in [5, 5.41) is 10.3. The molecule has 0 spiro atoms. The van der Waals surface area contributed by atoms with Crippen LogP contribution in [0.25, 0.3) is 22.1 Å². The van der Waals surface area contributed by atoms with E-state index in [1.54, 1.807) is 35.4 Å². The molecule has 19 heteroatoms. The first kappa shape index (κ1) is 36.7. The Kier molecular flexibility index (Phi) is 11.5. The zero-order valence-corrected chi connectivity index (χ0v) is 29.3. The van der Waals surface area contributed by atoms with Gasteiger partial charge in [-0.25, -0.2) is 9.97 Å². The molecule has 3 heterocycles. The summed E-state index contributed by atoms with van der Waals surface area (Å²) >= 11 is 0. The van der Waals surface area contributed by atoms with Crippen molar-refractivity contribution in [3.63, 3.8) is 0 Å². The van der Waals surface area contributed by atoms with E-state index in [-0.39, 0.29) is 36.8 Å². The lowest BCUT2D eigenvalue weighted by atomic mass is 10.1. The van der Waals surface area contributed by atoms with Crippen molar-refractivity contribution in [2.45, 2.75) is 39.9 Å². The Morgan fingerprint density at radius 1 is 0.902 bits per heavy atom. The van der Waals surface area contributed by atoms with Crippen molar-refractivity contribution in [2.24, 2.45) is 11.5 Å². The average molecular weight is 723 g/mol. The highest BCUT2D eigenvalue weighted by atomic mass is 31.2. The zero-order valence-electron chi connectivity index (χ0n) is 28.4. The molecular formula is C32H39N10O8P. The van der Waals surface area contributed by atoms with Crippen molar-refractivity contribution < 1.29 is 38.2 Å². The number of carbonyl (C=O) groups excluding carboxylic acids is 3. The van der Waals surface area contributed by atoms with E-state index in [1.807, 2.05) is 23.6 Å². The smallest absolute Gasteiger partial charge is 0.327 e. The lowest BCUT2D eigenvalue weighted by molar-refractivity contribution is 0.0991. The summed E-state index contributed by atoms with van der Waals surface area (Å²) < 4.78 is 21.6. The van der Waals surface area contributed by atoms with E-state index in [0.717, 1.165) is 0 Å². The second-order valence-electron chi connectivity index (χ2n) is 11.2. The summed E-state index contributed by atoms with van der Waals surface area (Å²) in [5.74, 6) is -0.351. The molecule has 0 aliphatic heterocycles. The zero-order chi connectivity index (χ0) is 36.8. The molecule has 0 bridgehead atoms. The number of hydrogen-bond acceptors (Lipinski definition) is 12. The van der Waals surface area contributed by atoms with Gasteiger partial charge in [-0.05, 0) is 44.2 Å². The summed E-state index contributed by atoms with van der Waals surface area (Å²) in [6, 6.07) is 7.85. The molecule has 18 nitrogen and oxygen atoms in total. The molecule has 5 aromatic rings. The van der Waals surface area contributed by atoms with Gasteiger partial charge in [0.1, 0.15) is 28.2 Å². The number of benzene rings is 2.